The Hall–Kier alpha value is -4.03. The number of aryl methyl sites for hydroxylation is 1. The second kappa shape index (κ2) is 11.1. The largest absolute Gasteiger partial charge is 0.378 e. The first-order valence-electron chi connectivity index (χ1n) is 11.5. The summed E-state index contributed by atoms with van der Waals surface area (Å²) in [4.78, 5) is 30.7. The van der Waals surface area contributed by atoms with E-state index in [-0.39, 0.29) is 5.91 Å². The molecule has 0 fully saturated rings. The van der Waals surface area contributed by atoms with Crippen molar-refractivity contribution in [2.75, 3.05) is 11.9 Å². The third-order valence-corrected chi connectivity index (χ3v) is 5.57. The van der Waals surface area contributed by atoms with Crippen LogP contribution in [0, 0.1) is 11.8 Å². The number of aliphatic hydroxyl groups is 1. The SMILES string of the molecule is C=N/C(F)=C\C=C(/C)Cc1cnn(C(=O)N[C@@H]2CCc3ccc(C#CC(C)(C)O)cc3N(C)C2=O)c1. The standard InChI is InChI=1S/C27H30FN5O3/c1-18(6-11-24(28)29-4)14-20-16-30-33(17-20)26(35)31-22-10-9-21-8-7-19(12-13-27(2,3)36)15-23(21)32(5)25(22)34/h6-8,11,15-17,22,36H,4,9-10,14H2,1-3,5H3,(H,31,35)/b18-6+,24-11-/t22-/m1/s1. The zero-order valence-corrected chi connectivity index (χ0v) is 20.9. The molecule has 0 unspecified atom stereocenters. The Bertz CT molecular complexity index is 1290. The van der Waals surface area contributed by atoms with Crippen LogP contribution in [-0.4, -0.2) is 52.2 Å². The summed E-state index contributed by atoms with van der Waals surface area (Å²) >= 11 is 0. The van der Waals surface area contributed by atoms with Crippen LogP contribution in [0.4, 0.5) is 14.9 Å². The fraction of sp³-hybridized carbons (Fsp3) is 0.333. The number of hydrogen-bond acceptors (Lipinski definition) is 5. The van der Waals surface area contributed by atoms with Crippen LogP contribution >= 0.6 is 0 Å². The Morgan fingerprint density at radius 3 is 2.86 bits per heavy atom. The van der Waals surface area contributed by atoms with E-state index in [1.165, 1.54) is 11.0 Å². The molecule has 0 saturated carbocycles. The zero-order chi connectivity index (χ0) is 26.5. The van der Waals surface area contributed by atoms with Crippen molar-refractivity contribution in [3.63, 3.8) is 0 Å². The fourth-order valence-electron chi connectivity index (χ4n) is 3.72. The average molecular weight is 492 g/mol. The summed E-state index contributed by atoms with van der Waals surface area (Å²) < 4.78 is 14.3. The molecule has 36 heavy (non-hydrogen) atoms. The fourth-order valence-corrected chi connectivity index (χ4v) is 3.72. The molecule has 9 heteroatoms. The molecule has 2 heterocycles. The number of rotatable bonds is 5. The molecule has 3 rings (SSSR count). The number of benzene rings is 1. The quantitative estimate of drug-likeness (QED) is 0.289. The van der Waals surface area contributed by atoms with Gasteiger partial charge in [0.2, 0.25) is 11.9 Å². The van der Waals surface area contributed by atoms with E-state index in [2.05, 4.69) is 34.0 Å². The van der Waals surface area contributed by atoms with Crippen molar-refractivity contribution in [2.45, 2.75) is 51.7 Å². The second-order valence-corrected chi connectivity index (χ2v) is 9.22. The van der Waals surface area contributed by atoms with Gasteiger partial charge in [-0.25, -0.2) is 9.79 Å². The molecule has 0 saturated heterocycles. The van der Waals surface area contributed by atoms with Gasteiger partial charge in [-0.2, -0.15) is 14.2 Å². The van der Waals surface area contributed by atoms with Crippen LogP contribution in [0.2, 0.25) is 0 Å². The molecule has 2 N–H and O–H groups in total. The lowest BCUT2D eigenvalue weighted by Gasteiger charge is -2.22. The normalized spacial score (nSPS) is 16.6. The number of nitrogens with zero attached hydrogens (tertiary/aromatic N) is 4. The Morgan fingerprint density at radius 1 is 1.42 bits per heavy atom. The molecule has 1 aliphatic rings. The monoisotopic (exact) mass is 491 g/mol. The maximum atomic E-state index is 13.2. The number of amides is 2. The van der Waals surface area contributed by atoms with Crippen LogP contribution < -0.4 is 10.2 Å². The van der Waals surface area contributed by atoms with Gasteiger partial charge < -0.3 is 15.3 Å². The van der Waals surface area contributed by atoms with Crippen LogP contribution in [0.3, 0.4) is 0 Å². The van der Waals surface area contributed by atoms with Gasteiger partial charge in [0.05, 0.1) is 6.20 Å². The van der Waals surface area contributed by atoms with Crippen molar-refractivity contribution in [1.29, 1.82) is 0 Å². The summed E-state index contributed by atoms with van der Waals surface area (Å²) in [6.45, 7) is 8.15. The van der Waals surface area contributed by atoms with Gasteiger partial charge in [0.25, 0.3) is 0 Å². The maximum Gasteiger partial charge on any atom is 0.342 e. The summed E-state index contributed by atoms with van der Waals surface area (Å²) in [6.07, 6.45) is 7.42. The van der Waals surface area contributed by atoms with Crippen LogP contribution in [-0.2, 0) is 17.6 Å². The number of halogens is 1. The van der Waals surface area contributed by atoms with Crippen molar-refractivity contribution >= 4 is 24.3 Å². The van der Waals surface area contributed by atoms with E-state index in [9.17, 15) is 19.1 Å². The topological polar surface area (TPSA) is 99.8 Å². The molecule has 0 bridgehead atoms. The number of carbonyl (C=O) groups is 2. The highest BCUT2D eigenvalue weighted by Gasteiger charge is 2.30. The van der Waals surface area contributed by atoms with E-state index in [4.69, 9.17) is 0 Å². The van der Waals surface area contributed by atoms with Crippen molar-refractivity contribution in [1.82, 2.24) is 15.1 Å². The number of anilines is 1. The molecule has 0 spiro atoms. The average Bonchev–Trinajstić information content (AvgIpc) is 3.26. The number of aromatic nitrogens is 2. The molecule has 2 amide bonds. The number of likely N-dealkylation sites (N-methyl/N-ethyl adjacent to an activating group) is 1. The number of carbonyl (C=O) groups excluding carboxylic acids is 2. The van der Waals surface area contributed by atoms with Crippen molar-refractivity contribution < 1.29 is 19.1 Å². The van der Waals surface area contributed by atoms with E-state index in [0.717, 1.165) is 27.1 Å². The molecule has 188 valence electrons. The Balaban J connectivity index is 1.70. The lowest BCUT2D eigenvalue weighted by Crippen LogP contribution is -2.48. The van der Waals surface area contributed by atoms with Crippen LogP contribution in [0.1, 0.15) is 43.9 Å². The highest BCUT2D eigenvalue weighted by Crippen LogP contribution is 2.27. The summed E-state index contributed by atoms with van der Waals surface area (Å²) in [5, 5.41) is 16.7. The van der Waals surface area contributed by atoms with Gasteiger partial charge in [-0.3, -0.25) is 4.79 Å². The maximum absolute atomic E-state index is 13.2. The van der Waals surface area contributed by atoms with Gasteiger partial charge in [0.15, 0.2) is 0 Å². The van der Waals surface area contributed by atoms with Crippen molar-refractivity contribution in [3.8, 4) is 11.8 Å². The zero-order valence-electron chi connectivity index (χ0n) is 20.9. The summed E-state index contributed by atoms with van der Waals surface area (Å²) in [6, 6.07) is 4.35. The van der Waals surface area contributed by atoms with Crippen molar-refractivity contribution in [3.05, 3.63) is 71.0 Å². The molecule has 8 nitrogen and oxygen atoms in total. The van der Waals surface area contributed by atoms with Gasteiger partial charge in [0, 0.05) is 24.5 Å². The van der Waals surface area contributed by atoms with Gasteiger partial charge in [-0.15, -0.1) is 0 Å². The summed E-state index contributed by atoms with van der Waals surface area (Å²) in [5.74, 6) is 4.79. The first-order chi connectivity index (χ1) is 17.0. The molecule has 1 aromatic carbocycles. The molecule has 1 atom stereocenters. The molecular formula is C27H30FN5O3. The number of aliphatic imine (C=N–C) groups is 1. The number of fused-ring (bicyclic) bond motifs is 1. The summed E-state index contributed by atoms with van der Waals surface area (Å²) in [5.41, 5.74) is 2.86. The predicted octanol–water partition coefficient (Wildman–Crippen LogP) is 3.54. The molecule has 1 aliphatic heterocycles. The summed E-state index contributed by atoms with van der Waals surface area (Å²) in [7, 11) is 1.67. The Kier molecular flexibility index (Phi) is 8.22. The number of allylic oxidation sites excluding steroid dienone is 3. The van der Waals surface area contributed by atoms with Crippen LogP contribution in [0.5, 0.6) is 0 Å². The highest BCUT2D eigenvalue weighted by molar-refractivity contribution is 6.00. The third-order valence-electron chi connectivity index (χ3n) is 5.57. The molecule has 2 aromatic rings. The lowest BCUT2D eigenvalue weighted by molar-refractivity contribution is -0.120. The smallest absolute Gasteiger partial charge is 0.342 e. The minimum atomic E-state index is -1.12. The first kappa shape index (κ1) is 26.6. The number of hydrogen-bond donors (Lipinski definition) is 2. The van der Waals surface area contributed by atoms with Gasteiger partial charge in [-0.1, -0.05) is 29.6 Å². The van der Waals surface area contributed by atoms with E-state index in [0.29, 0.717) is 24.8 Å². The first-order valence-corrected chi connectivity index (χ1v) is 11.5. The molecular weight excluding hydrogens is 461 g/mol. The minimum Gasteiger partial charge on any atom is -0.378 e. The van der Waals surface area contributed by atoms with Crippen LogP contribution in [0.25, 0.3) is 0 Å². The molecule has 1 aromatic heterocycles. The van der Waals surface area contributed by atoms with Gasteiger partial charge in [0.1, 0.15) is 11.6 Å². The molecule has 0 aliphatic carbocycles. The van der Waals surface area contributed by atoms with E-state index >= 15 is 0 Å². The predicted molar refractivity (Wildman–Crippen MR) is 137 cm³/mol. The minimum absolute atomic E-state index is 0.245. The highest BCUT2D eigenvalue weighted by atomic mass is 19.1. The Morgan fingerprint density at radius 2 is 2.17 bits per heavy atom. The van der Waals surface area contributed by atoms with E-state index in [1.54, 1.807) is 39.4 Å². The van der Waals surface area contributed by atoms with E-state index < -0.39 is 23.6 Å². The second-order valence-electron chi connectivity index (χ2n) is 9.22. The number of nitrogens with one attached hydrogen (secondary N) is 1. The van der Waals surface area contributed by atoms with Gasteiger partial charge in [-0.05, 0) is 76.1 Å². The van der Waals surface area contributed by atoms with Crippen molar-refractivity contribution in [2.24, 2.45) is 4.99 Å². The Labute approximate surface area is 210 Å². The van der Waals surface area contributed by atoms with Crippen LogP contribution in [0.15, 0.2) is 59.3 Å². The van der Waals surface area contributed by atoms with E-state index in [1.807, 2.05) is 25.1 Å². The molecule has 0 radical (unpaired) electrons. The lowest BCUT2D eigenvalue weighted by atomic mass is 10.0. The van der Waals surface area contributed by atoms with Gasteiger partial charge >= 0.3 is 6.03 Å². The third kappa shape index (κ3) is 6.99.